The Morgan fingerprint density at radius 1 is 1.08 bits per heavy atom. The van der Waals surface area contributed by atoms with Crippen molar-refractivity contribution < 1.29 is 18.0 Å². The SMILES string of the molecule is O=C(Nc1cccc(C(F)(F)F)c1)Nc1nccc(-c2cccs2)n1. The summed E-state index contributed by atoms with van der Waals surface area (Å²) in [6.45, 7) is 0. The molecule has 0 aliphatic rings. The monoisotopic (exact) mass is 364 g/mol. The van der Waals surface area contributed by atoms with Gasteiger partial charge >= 0.3 is 12.2 Å². The summed E-state index contributed by atoms with van der Waals surface area (Å²) in [6.07, 6.45) is -2.99. The summed E-state index contributed by atoms with van der Waals surface area (Å²) in [6, 6.07) is 9.06. The number of thiophene rings is 1. The number of alkyl halides is 3. The van der Waals surface area contributed by atoms with Gasteiger partial charge in [0.15, 0.2) is 0 Å². The van der Waals surface area contributed by atoms with Gasteiger partial charge in [-0.2, -0.15) is 13.2 Å². The van der Waals surface area contributed by atoms with Gasteiger partial charge in [-0.25, -0.2) is 14.8 Å². The molecule has 2 N–H and O–H groups in total. The maximum absolute atomic E-state index is 12.7. The topological polar surface area (TPSA) is 66.9 Å². The van der Waals surface area contributed by atoms with Crippen molar-refractivity contribution >= 4 is 29.0 Å². The van der Waals surface area contributed by atoms with Crippen LogP contribution in [-0.4, -0.2) is 16.0 Å². The van der Waals surface area contributed by atoms with Crippen LogP contribution >= 0.6 is 11.3 Å². The fourth-order valence-corrected chi connectivity index (χ4v) is 2.71. The van der Waals surface area contributed by atoms with E-state index in [4.69, 9.17) is 0 Å². The number of benzene rings is 1. The predicted octanol–water partition coefficient (Wildman–Crippen LogP) is 4.87. The van der Waals surface area contributed by atoms with Crippen LogP contribution in [0.15, 0.2) is 54.0 Å². The molecule has 0 radical (unpaired) electrons. The van der Waals surface area contributed by atoms with Crippen LogP contribution in [0.1, 0.15) is 5.56 Å². The Morgan fingerprint density at radius 2 is 1.92 bits per heavy atom. The smallest absolute Gasteiger partial charge is 0.308 e. The molecule has 0 fully saturated rings. The minimum Gasteiger partial charge on any atom is -0.308 e. The number of nitrogens with zero attached hydrogens (tertiary/aromatic N) is 2. The van der Waals surface area contributed by atoms with E-state index in [0.717, 1.165) is 17.0 Å². The minimum absolute atomic E-state index is 0.0155. The van der Waals surface area contributed by atoms with E-state index in [1.54, 1.807) is 6.07 Å². The first kappa shape index (κ1) is 16.9. The summed E-state index contributed by atoms with van der Waals surface area (Å²) >= 11 is 1.48. The molecule has 25 heavy (non-hydrogen) atoms. The van der Waals surface area contributed by atoms with E-state index < -0.39 is 17.8 Å². The van der Waals surface area contributed by atoms with Crippen LogP contribution in [0, 0.1) is 0 Å². The van der Waals surface area contributed by atoms with Crippen molar-refractivity contribution in [1.29, 1.82) is 0 Å². The Hall–Kier alpha value is -2.94. The highest BCUT2D eigenvalue weighted by Crippen LogP contribution is 2.30. The molecule has 0 aliphatic heterocycles. The lowest BCUT2D eigenvalue weighted by Gasteiger charge is -2.10. The third kappa shape index (κ3) is 4.32. The van der Waals surface area contributed by atoms with E-state index in [-0.39, 0.29) is 11.6 Å². The molecule has 0 saturated heterocycles. The summed E-state index contributed by atoms with van der Waals surface area (Å²) in [5.41, 5.74) is -0.192. The van der Waals surface area contributed by atoms with Gasteiger partial charge in [-0.15, -0.1) is 11.3 Å². The van der Waals surface area contributed by atoms with Crippen LogP contribution in [-0.2, 0) is 6.18 Å². The molecule has 0 bridgehead atoms. The van der Waals surface area contributed by atoms with Gasteiger partial charge < -0.3 is 5.32 Å². The zero-order valence-electron chi connectivity index (χ0n) is 12.5. The minimum atomic E-state index is -4.48. The average molecular weight is 364 g/mol. The van der Waals surface area contributed by atoms with Gasteiger partial charge in [0, 0.05) is 11.9 Å². The number of anilines is 2. The average Bonchev–Trinajstić information content (AvgIpc) is 3.09. The highest BCUT2D eigenvalue weighted by Gasteiger charge is 2.30. The summed E-state index contributed by atoms with van der Waals surface area (Å²) in [7, 11) is 0. The molecule has 2 amide bonds. The maximum atomic E-state index is 12.7. The molecule has 3 rings (SSSR count). The number of hydrogen-bond acceptors (Lipinski definition) is 4. The molecule has 2 aromatic heterocycles. The Labute approximate surface area is 144 Å². The normalized spacial score (nSPS) is 11.2. The van der Waals surface area contributed by atoms with Crippen molar-refractivity contribution in [3.8, 4) is 10.6 Å². The lowest BCUT2D eigenvalue weighted by atomic mass is 10.2. The first-order valence-corrected chi connectivity index (χ1v) is 7.92. The molecule has 0 saturated carbocycles. The van der Waals surface area contributed by atoms with Crippen LogP contribution in [0.3, 0.4) is 0 Å². The molecule has 3 aromatic rings. The van der Waals surface area contributed by atoms with Gasteiger partial charge in [0.2, 0.25) is 5.95 Å². The van der Waals surface area contributed by atoms with Gasteiger partial charge in [-0.1, -0.05) is 12.1 Å². The number of carbonyl (C=O) groups is 1. The highest BCUT2D eigenvalue weighted by atomic mass is 32.1. The van der Waals surface area contributed by atoms with Crippen molar-refractivity contribution in [2.45, 2.75) is 6.18 Å². The fourth-order valence-electron chi connectivity index (χ4n) is 2.02. The van der Waals surface area contributed by atoms with Crippen molar-refractivity contribution in [1.82, 2.24) is 9.97 Å². The van der Waals surface area contributed by atoms with Crippen molar-refractivity contribution in [3.05, 3.63) is 59.6 Å². The fraction of sp³-hybridized carbons (Fsp3) is 0.0625. The third-order valence-electron chi connectivity index (χ3n) is 3.10. The van der Waals surface area contributed by atoms with Crippen LogP contribution in [0.5, 0.6) is 0 Å². The molecule has 0 unspecified atom stereocenters. The quantitative estimate of drug-likeness (QED) is 0.697. The number of nitrogens with one attached hydrogen (secondary N) is 2. The molecule has 5 nitrogen and oxygen atoms in total. The molecule has 0 spiro atoms. The van der Waals surface area contributed by atoms with Crippen LogP contribution in [0.2, 0.25) is 0 Å². The zero-order valence-corrected chi connectivity index (χ0v) is 13.4. The van der Waals surface area contributed by atoms with Crippen molar-refractivity contribution in [3.63, 3.8) is 0 Å². The van der Waals surface area contributed by atoms with Gasteiger partial charge in [0.25, 0.3) is 0 Å². The van der Waals surface area contributed by atoms with E-state index in [2.05, 4.69) is 20.6 Å². The Bertz CT molecular complexity index is 881. The van der Waals surface area contributed by atoms with Gasteiger partial charge in [0.05, 0.1) is 16.1 Å². The second kappa shape index (κ2) is 6.89. The summed E-state index contributed by atoms with van der Waals surface area (Å²) < 4.78 is 38.1. The molecule has 2 heterocycles. The van der Waals surface area contributed by atoms with Crippen LogP contribution in [0.25, 0.3) is 10.6 Å². The molecule has 0 aliphatic carbocycles. The summed E-state index contributed by atoms with van der Waals surface area (Å²) in [5.74, 6) is 0.0513. The van der Waals surface area contributed by atoms with Gasteiger partial charge in [-0.3, -0.25) is 5.32 Å². The first-order valence-electron chi connectivity index (χ1n) is 7.04. The first-order chi connectivity index (χ1) is 11.9. The van der Waals surface area contributed by atoms with Crippen LogP contribution < -0.4 is 10.6 Å². The second-order valence-electron chi connectivity index (χ2n) is 4.90. The summed E-state index contributed by atoms with van der Waals surface area (Å²) in [5, 5.41) is 6.63. The molecular formula is C16H11F3N4OS. The van der Waals surface area contributed by atoms with E-state index >= 15 is 0 Å². The number of carbonyl (C=O) groups excluding carboxylic acids is 1. The number of rotatable bonds is 3. The maximum Gasteiger partial charge on any atom is 0.416 e. The van der Waals surface area contributed by atoms with E-state index in [1.165, 1.54) is 29.7 Å². The van der Waals surface area contributed by atoms with E-state index in [1.807, 2.05) is 17.5 Å². The van der Waals surface area contributed by atoms with Crippen LogP contribution in [0.4, 0.5) is 29.6 Å². The predicted molar refractivity (Wildman–Crippen MR) is 89.4 cm³/mol. The third-order valence-corrected chi connectivity index (χ3v) is 3.99. The number of amides is 2. The highest BCUT2D eigenvalue weighted by molar-refractivity contribution is 7.13. The van der Waals surface area contributed by atoms with Gasteiger partial charge in [0.1, 0.15) is 0 Å². The standard InChI is InChI=1S/C16H11F3N4OS/c17-16(18,19)10-3-1-4-11(9-10)21-15(24)23-14-20-7-6-12(22-14)13-5-2-8-25-13/h1-9H,(H2,20,21,22,23,24). The molecule has 1 aromatic carbocycles. The van der Waals surface area contributed by atoms with Gasteiger partial charge in [-0.05, 0) is 35.7 Å². The van der Waals surface area contributed by atoms with E-state index in [9.17, 15) is 18.0 Å². The lowest BCUT2D eigenvalue weighted by molar-refractivity contribution is -0.137. The molecule has 9 heteroatoms. The Balaban J connectivity index is 1.70. The zero-order chi connectivity index (χ0) is 17.9. The van der Waals surface area contributed by atoms with Crippen molar-refractivity contribution in [2.75, 3.05) is 10.6 Å². The number of urea groups is 1. The Kier molecular flexibility index (Phi) is 4.66. The van der Waals surface area contributed by atoms with E-state index in [0.29, 0.717) is 5.69 Å². The van der Waals surface area contributed by atoms with Crippen molar-refractivity contribution in [2.24, 2.45) is 0 Å². The largest absolute Gasteiger partial charge is 0.416 e. The Morgan fingerprint density at radius 3 is 2.64 bits per heavy atom. The molecular weight excluding hydrogens is 353 g/mol. The molecule has 0 atom stereocenters. The number of halogens is 3. The second-order valence-corrected chi connectivity index (χ2v) is 5.85. The number of hydrogen-bond donors (Lipinski definition) is 2. The number of aromatic nitrogens is 2. The lowest BCUT2D eigenvalue weighted by Crippen LogP contribution is -2.21. The summed E-state index contributed by atoms with van der Waals surface area (Å²) in [4.78, 5) is 21.0. The molecule has 128 valence electrons.